The molecule has 0 atom stereocenters. The van der Waals surface area contributed by atoms with E-state index < -0.39 is 10.0 Å². The summed E-state index contributed by atoms with van der Waals surface area (Å²) in [5.41, 5.74) is 0.324. The summed E-state index contributed by atoms with van der Waals surface area (Å²) < 4.78 is 27.5. The van der Waals surface area contributed by atoms with Gasteiger partial charge in [-0.05, 0) is 31.0 Å². The van der Waals surface area contributed by atoms with Crippen LogP contribution in [0.5, 0.6) is 0 Å². The molecular weight excluding hydrogens is 420 g/mol. The van der Waals surface area contributed by atoms with Crippen molar-refractivity contribution >= 4 is 27.7 Å². The van der Waals surface area contributed by atoms with E-state index in [1.165, 1.54) is 23.4 Å². The number of amides is 3. The van der Waals surface area contributed by atoms with E-state index in [9.17, 15) is 22.8 Å². The maximum Gasteiger partial charge on any atom is 0.254 e. The van der Waals surface area contributed by atoms with E-state index in [4.69, 9.17) is 0 Å². The third kappa shape index (κ3) is 4.59. The summed E-state index contributed by atoms with van der Waals surface area (Å²) in [6.07, 6.45) is 1.92. The Morgan fingerprint density at radius 1 is 0.839 bits per heavy atom. The Bertz CT molecular complexity index is 975. The van der Waals surface area contributed by atoms with Gasteiger partial charge in [-0.3, -0.25) is 14.4 Å². The van der Waals surface area contributed by atoms with Crippen molar-refractivity contribution in [3.05, 3.63) is 29.8 Å². The third-order valence-corrected chi connectivity index (χ3v) is 8.10. The normalized spacial score (nSPS) is 20.6. The molecule has 1 saturated carbocycles. The highest BCUT2D eigenvalue weighted by Crippen LogP contribution is 2.31. The van der Waals surface area contributed by atoms with Gasteiger partial charge in [-0.25, -0.2) is 8.42 Å². The number of piperazine rings is 2. The number of carbonyl (C=O) groups excluding carboxylic acids is 3. The number of nitrogens with zero attached hydrogens (tertiary/aromatic N) is 4. The van der Waals surface area contributed by atoms with Gasteiger partial charge < -0.3 is 14.7 Å². The van der Waals surface area contributed by atoms with Crippen LogP contribution in [0.1, 0.15) is 30.1 Å². The Kier molecular flexibility index (Phi) is 6.02. The van der Waals surface area contributed by atoms with Crippen LogP contribution >= 0.6 is 0 Å². The first-order valence-corrected chi connectivity index (χ1v) is 12.1. The summed E-state index contributed by atoms with van der Waals surface area (Å²) in [7, 11) is -3.75. The molecule has 0 N–H and O–H groups in total. The smallest absolute Gasteiger partial charge is 0.254 e. The quantitative estimate of drug-likeness (QED) is 0.657. The molecule has 1 aromatic carbocycles. The van der Waals surface area contributed by atoms with Crippen molar-refractivity contribution in [1.29, 1.82) is 0 Å². The van der Waals surface area contributed by atoms with Crippen LogP contribution in [0.15, 0.2) is 29.2 Å². The van der Waals surface area contributed by atoms with Gasteiger partial charge in [0.05, 0.1) is 4.90 Å². The first kappa shape index (κ1) is 21.8. The minimum Gasteiger partial charge on any atom is -0.340 e. The first-order chi connectivity index (χ1) is 14.8. The van der Waals surface area contributed by atoms with E-state index in [2.05, 4.69) is 0 Å². The van der Waals surface area contributed by atoms with Crippen LogP contribution in [0.25, 0.3) is 0 Å². The topological polar surface area (TPSA) is 98.3 Å². The van der Waals surface area contributed by atoms with Gasteiger partial charge in [-0.1, -0.05) is 6.07 Å². The van der Waals surface area contributed by atoms with Crippen molar-refractivity contribution in [2.75, 3.05) is 52.4 Å². The zero-order chi connectivity index (χ0) is 22.2. The molecule has 1 aliphatic carbocycles. The molecule has 31 heavy (non-hydrogen) atoms. The molecule has 1 aromatic rings. The SMILES string of the molecule is CC(=O)N1CCN(S(=O)(=O)c2cccc(C(=O)N3CCN(C(=O)C4CC4)CC3)c2)CC1. The van der Waals surface area contributed by atoms with Gasteiger partial charge in [-0.2, -0.15) is 4.31 Å². The molecule has 2 aliphatic heterocycles. The molecule has 168 valence electrons. The molecule has 2 heterocycles. The lowest BCUT2D eigenvalue weighted by Crippen LogP contribution is -2.51. The van der Waals surface area contributed by atoms with Crippen molar-refractivity contribution in [2.45, 2.75) is 24.7 Å². The molecule has 0 aromatic heterocycles. The summed E-state index contributed by atoms with van der Waals surface area (Å²) in [6.45, 7) is 4.57. The van der Waals surface area contributed by atoms with Crippen molar-refractivity contribution in [3.63, 3.8) is 0 Å². The zero-order valence-corrected chi connectivity index (χ0v) is 18.5. The van der Waals surface area contributed by atoms with Gasteiger partial charge >= 0.3 is 0 Å². The summed E-state index contributed by atoms with van der Waals surface area (Å²) >= 11 is 0. The van der Waals surface area contributed by atoms with Crippen molar-refractivity contribution in [3.8, 4) is 0 Å². The fourth-order valence-electron chi connectivity index (χ4n) is 4.08. The predicted molar refractivity (Wildman–Crippen MR) is 113 cm³/mol. The Morgan fingerprint density at radius 3 is 2.00 bits per heavy atom. The number of sulfonamides is 1. The lowest BCUT2D eigenvalue weighted by Gasteiger charge is -2.35. The molecule has 9 nitrogen and oxygen atoms in total. The van der Waals surface area contributed by atoms with Gasteiger partial charge in [0.1, 0.15) is 0 Å². The van der Waals surface area contributed by atoms with Gasteiger partial charge in [0.25, 0.3) is 5.91 Å². The molecule has 10 heteroatoms. The van der Waals surface area contributed by atoms with E-state index >= 15 is 0 Å². The molecule has 3 fully saturated rings. The van der Waals surface area contributed by atoms with Crippen molar-refractivity contribution < 1.29 is 22.8 Å². The maximum absolute atomic E-state index is 13.1. The number of carbonyl (C=O) groups is 3. The van der Waals surface area contributed by atoms with Crippen LogP contribution in [-0.4, -0.2) is 97.5 Å². The van der Waals surface area contributed by atoms with E-state index in [1.54, 1.807) is 21.9 Å². The highest BCUT2D eigenvalue weighted by atomic mass is 32.2. The lowest BCUT2D eigenvalue weighted by atomic mass is 10.1. The fourth-order valence-corrected chi connectivity index (χ4v) is 5.55. The van der Waals surface area contributed by atoms with Crippen LogP contribution in [-0.2, 0) is 19.6 Å². The average molecular weight is 449 g/mol. The molecule has 0 spiro atoms. The molecule has 3 aliphatic rings. The Balaban J connectivity index is 1.41. The van der Waals surface area contributed by atoms with E-state index in [-0.39, 0.29) is 41.6 Å². The minimum atomic E-state index is -3.75. The highest BCUT2D eigenvalue weighted by molar-refractivity contribution is 7.89. The molecular formula is C21H28N4O5S. The van der Waals surface area contributed by atoms with Crippen molar-refractivity contribution in [1.82, 2.24) is 19.0 Å². The molecule has 0 bridgehead atoms. The van der Waals surface area contributed by atoms with Crippen LogP contribution in [0.4, 0.5) is 0 Å². The molecule has 0 radical (unpaired) electrons. The molecule has 4 rings (SSSR count). The Hall–Kier alpha value is -2.46. The van der Waals surface area contributed by atoms with Gasteiger partial charge in [0, 0.05) is 70.8 Å². The van der Waals surface area contributed by atoms with Crippen LogP contribution in [0.3, 0.4) is 0 Å². The molecule has 0 unspecified atom stereocenters. The fraction of sp³-hybridized carbons (Fsp3) is 0.571. The minimum absolute atomic E-state index is 0.0661. The van der Waals surface area contributed by atoms with Gasteiger partial charge in [0.2, 0.25) is 21.8 Å². The second-order valence-corrected chi connectivity index (χ2v) is 10.3. The predicted octanol–water partition coefficient (Wildman–Crippen LogP) is 0.234. The van der Waals surface area contributed by atoms with Crippen LogP contribution in [0, 0.1) is 5.92 Å². The van der Waals surface area contributed by atoms with E-state index in [1.807, 2.05) is 4.90 Å². The Morgan fingerprint density at radius 2 is 1.42 bits per heavy atom. The summed E-state index contributed by atoms with van der Waals surface area (Å²) in [5, 5.41) is 0. The second-order valence-electron chi connectivity index (χ2n) is 8.33. The second kappa shape index (κ2) is 8.58. The monoisotopic (exact) mass is 448 g/mol. The molecule has 2 saturated heterocycles. The summed E-state index contributed by atoms with van der Waals surface area (Å²) in [4.78, 5) is 41.9. The zero-order valence-electron chi connectivity index (χ0n) is 17.7. The number of rotatable bonds is 4. The maximum atomic E-state index is 13.1. The lowest BCUT2D eigenvalue weighted by molar-refractivity contribution is -0.134. The average Bonchev–Trinajstić information content (AvgIpc) is 3.64. The van der Waals surface area contributed by atoms with Crippen LogP contribution < -0.4 is 0 Å². The van der Waals surface area contributed by atoms with Crippen molar-refractivity contribution in [2.24, 2.45) is 5.92 Å². The number of hydrogen-bond donors (Lipinski definition) is 0. The standard InChI is InChI=1S/C21H28N4O5S/c1-16(26)22-11-13-25(14-12-22)31(29,30)19-4-2-3-18(15-19)21(28)24-9-7-23(8-10-24)20(27)17-5-6-17/h2-4,15,17H,5-14H2,1H3. The highest BCUT2D eigenvalue weighted by Gasteiger charge is 2.35. The van der Waals surface area contributed by atoms with Crippen LogP contribution in [0.2, 0.25) is 0 Å². The Labute approximate surface area is 182 Å². The summed E-state index contributed by atoms with van der Waals surface area (Å²) in [6, 6.07) is 6.13. The summed E-state index contributed by atoms with van der Waals surface area (Å²) in [5.74, 6) is 0.0621. The molecule has 3 amide bonds. The largest absolute Gasteiger partial charge is 0.340 e. The number of hydrogen-bond acceptors (Lipinski definition) is 5. The number of benzene rings is 1. The van der Waals surface area contributed by atoms with E-state index in [0.717, 1.165) is 12.8 Å². The van der Waals surface area contributed by atoms with E-state index in [0.29, 0.717) is 44.8 Å². The van der Waals surface area contributed by atoms with Gasteiger partial charge in [0.15, 0.2) is 0 Å². The third-order valence-electron chi connectivity index (χ3n) is 6.21. The van der Waals surface area contributed by atoms with Gasteiger partial charge in [-0.15, -0.1) is 0 Å². The first-order valence-electron chi connectivity index (χ1n) is 10.7.